The number of nitrogens with zero attached hydrogens (tertiary/aromatic N) is 1. The molecule has 0 fully saturated rings. The van der Waals surface area contributed by atoms with E-state index < -0.39 is 9.73 Å². The predicted molar refractivity (Wildman–Crippen MR) is 51.3 cm³/mol. The summed E-state index contributed by atoms with van der Waals surface area (Å²) in [6.45, 7) is 8.09. The third-order valence-corrected chi connectivity index (χ3v) is 4.85. The largest absolute Gasteiger partial charge is 0.250 e. The van der Waals surface area contributed by atoms with Crippen LogP contribution in [-0.2, 0) is 9.73 Å². The van der Waals surface area contributed by atoms with Gasteiger partial charge in [0.15, 0.2) is 0 Å². The minimum Gasteiger partial charge on any atom is -0.250 e. The van der Waals surface area contributed by atoms with Crippen LogP contribution in [0.5, 0.6) is 0 Å². The molecule has 2 nitrogen and oxygen atoms in total. The third kappa shape index (κ3) is 3.23. The fourth-order valence-corrected chi connectivity index (χ4v) is 2.87. The van der Waals surface area contributed by atoms with Gasteiger partial charge in [-0.25, -0.2) is 8.57 Å². The first-order valence-electron chi connectivity index (χ1n) is 4.04. The molecule has 0 radical (unpaired) electrons. The third-order valence-electron chi connectivity index (χ3n) is 1.62. The van der Waals surface area contributed by atoms with Gasteiger partial charge in [-0.1, -0.05) is 27.7 Å². The van der Waals surface area contributed by atoms with E-state index in [1.807, 2.05) is 13.8 Å². The summed E-state index contributed by atoms with van der Waals surface area (Å²) in [6, 6.07) is 0. The molecule has 0 rings (SSSR count). The van der Waals surface area contributed by atoms with Crippen LogP contribution in [0.1, 0.15) is 27.7 Å². The highest BCUT2D eigenvalue weighted by molar-refractivity contribution is 7.94. The summed E-state index contributed by atoms with van der Waals surface area (Å²) >= 11 is 0. The lowest BCUT2D eigenvalue weighted by Gasteiger charge is -2.14. The molecule has 0 aromatic rings. The van der Waals surface area contributed by atoms with Crippen LogP contribution in [0.2, 0.25) is 0 Å². The fraction of sp³-hybridized carbons (Fsp3) is 1.00. The van der Waals surface area contributed by atoms with E-state index in [-0.39, 0.29) is 5.25 Å². The molecule has 0 bridgehead atoms. The lowest BCUT2D eigenvalue weighted by molar-refractivity contribution is 0.649. The molecule has 0 aromatic heterocycles. The second-order valence-corrected chi connectivity index (χ2v) is 6.50. The van der Waals surface area contributed by atoms with Gasteiger partial charge in [0.05, 0.1) is 0 Å². The zero-order chi connectivity index (χ0) is 9.07. The van der Waals surface area contributed by atoms with Gasteiger partial charge in [-0.15, -0.1) is 0 Å². The smallest absolute Gasteiger partial charge is 0.0491 e. The van der Waals surface area contributed by atoms with Crippen molar-refractivity contribution >= 4 is 9.73 Å². The van der Waals surface area contributed by atoms with Gasteiger partial charge >= 0.3 is 0 Å². The Morgan fingerprint density at radius 2 is 1.73 bits per heavy atom. The summed E-state index contributed by atoms with van der Waals surface area (Å²) in [4.78, 5) is 0. The Morgan fingerprint density at radius 3 is 1.82 bits per heavy atom. The van der Waals surface area contributed by atoms with Crippen molar-refractivity contribution in [1.82, 2.24) is 0 Å². The van der Waals surface area contributed by atoms with Crippen molar-refractivity contribution in [1.29, 1.82) is 0 Å². The molecule has 0 spiro atoms. The van der Waals surface area contributed by atoms with E-state index in [9.17, 15) is 4.21 Å². The van der Waals surface area contributed by atoms with E-state index in [0.717, 1.165) is 5.75 Å². The monoisotopic (exact) mass is 177 g/mol. The van der Waals surface area contributed by atoms with Gasteiger partial charge in [0.25, 0.3) is 0 Å². The normalized spacial score (nSPS) is 17.0. The zero-order valence-electron chi connectivity index (χ0n) is 8.13. The Hall–Kier alpha value is -0.0500. The van der Waals surface area contributed by atoms with Crippen molar-refractivity contribution in [3.63, 3.8) is 0 Å². The van der Waals surface area contributed by atoms with E-state index in [4.69, 9.17) is 0 Å². The molecule has 11 heavy (non-hydrogen) atoms. The molecular weight excluding hydrogens is 158 g/mol. The molecule has 1 atom stereocenters. The van der Waals surface area contributed by atoms with Crippen LogP contribution < -0.4 is 0 Å². The molecule has 0 heterocycles. The second kappa shape index (κ2) is 4.10. The summed E-state index contributed by atoms with van der Waals surface area (Å²) in [5.74, 6) is 1.19. The van der Waals surface area contributed by atoms with Crippen molar-refractivity contribution in [3.8, 4) is 0 Å². The van der Waals surface area contributed by atoms with Crippen molar-refractivity contribution in [2.24, 2.45) is 10.3 Å². The summed E-state index contributed by atoms with van der Waals surface area (Å²) in [5, 5.41) is 0.176. The summed E-state index contributed by atoms with van der Waals surface area (Å²) < 4.78 is 15.9. The van der Waals surface area contributed by atoms with Crippen LogP contribution in [0.15, 0.2) is 4.36 Å². The van der Waals surface area contributed by atoms with E-state index in [2.05, 4.69) is 18.2 Å². The van der Waals surface area contributed by atoms with Gasteiger partial charge in [0.1, 0.15) is 0 Å². The fourth-order valence-electron chi connectivity index (χ4n) is 0.955. The Morgan fingerprint density at radius 1 is 1.27 bits per heavy atom. The lowest BCUT2D eigenvalue weighted by atomic mass is 10.3. The minimum atomic E-state index is -1.92. The first-order chi connectivity index (χ1) is 4.92. The Bertz CT molecular complexity index is 212. The van der Waals surface area contributed by atoms with Crippen molar-refractivity contribution < 1.29 is 4.21 Å². The predicted octanol–water partition coefficient (Wildman–Crippen LogP) is 2.15. The van der Waals surface area contributed by atoms with Gasteiger partial charge in [0, 0.05) is 27.8 Å². The zero-order valence-corrected chi connectivity index (χ0v) is 8.94. The molecule has 0 amide bonds. The number of hydrogen-bond donors (Lipinski definition) is 0. The summed E-state index contributed by atoms with van der Waals surface area (Å²) in [5.41, 5.74) is 0. The second-order valence-electron chi connectivity index (χ2n) is 3.48. The average Bonchev–Trinajstić information content (AvgIpc) is 1.86. The van der Waals surface area contributed by atoms with Crippen LogP contribution >= 0.6 is 0 Å². The van der Waals surface area contributed by atoms with Crippen molar-refractivity contribution in [3.05, 3.63) is 0 Å². The molecule has 0 aromatic carbocycles. The molecule has 1 unspecified atom stereocenters. The standard InChI is InChI=1S/C8H19NOS/c1-7(2)6-11(10,9-5)8(3)4/h7-8H,6H2,1-5H3. The highest BCUT2D eigenvalue weighted by atomic mass is 32.2. The van der Waals surface area contributed by atoms with Crippen molar-refractivity contribution in [2.75, 3.05) is 12.8 Å². The molecule has 0 N–H and O–H groups in total. The van der Waals surface area contributed by atoms with Crippen LogP contribution in [0.25, 0.3) is 0 Å². The first kappa shape index (κ1) is 11.0. The Kier molecular flexibility index (Phi) is 4.08. The molecule has 0 aliphatic carbocycles. The molecule has 0 aliphatic heterocycles. The SMILES string of the molecule is CN=S(=O)(CC(C)C)C(C)C. The van der Waals surface area contributed by atoms with Gasteiger partial charge in [0.2, 0.25) is 0 Å². The molecule has 0 aliphatic rings. The molecule has 68 valence electrons. The van der Waals surface area contributed by atoms with Crippen LogP contribution in [0.3, 0.4) is 0 Å². The maximum Gasteiger partial charge on any atom is 0.0491 e. The summed E-state index contributed by atoms with van der Waals surface area (Å²) in [6.07, 6.45) is 0. The van der Waals surface area contributed by atoms with Gasteiger partial charge in [-0.2, -0.15) is 0 Å². The number of rotatable bonds is 3. The lowest BCUT2D eigenvalue weighted by Crippen LogP contribution is -2.20. The Labute approximate surface area is 70.6 Å². The maximum atomic E-state index is 11.9. The topological polar surface area (TPSA) is 29.4 Å². The summed E-state index contributed by atoms with van der Waals surface area (Å²) in [7, 11) is -0.260. The van der Waals surface area contributed by atoms with Crippen molar-refractivity contribution in [2.45, 2.75) is 32.9 Å². The minimum absolute atomic E-state index is 0.176. The molecular formula is C8H19NOS. The Balaban J connectivity index is 4.53. The van der Waals surface area contributed by atoms with Gasteiger partial charge in [-0.05, 0) is 5.92 Å². The van der Waals surface area contributed by atoms with E-state index in [1.54, 1.807) is 7.05 Å². The highest BCUT2D eigenvalue weighted by Crippen LogP contribution is 2.09. The van der Waals surface area contributed by atoms with E-state index >= 15 is 0 Å². The van der Waals surface area contributed by atoms with Gasteiger partial charge < -0.3 is 0 Å². The molecule has 3 heteroatoms. The van der Waals surface area contributed by atoms with E-state index in [1.165, 1.54) is 0 Å². The number of hydrogen-bond acceptors (Lipinski definition) is 2. The first-order valence-corrected chi connectivity index (χ1v) is 5.79. The molecule has 0 saturated heterocycles. The molecule has 0 saturated carbocycles. The highest BCUT2D eigenvalue weighted by Gasteiger charge is 2.14. The maximum absolute atomic E-state index is 11.9. The van der Waals surface area contributed by atoms with E-state index in [0.29, 0.717) is 5.92 Å². The van der Waals surface area contributed by atoms with Gasteiger partial charge in [-0.3, -0.25) is 0 Å². The average molecular weight is 177 g/mol. The van der Waals surface area contributed by atoms with Crippen LogP contribution in [0, 0.1) is 5.92 Å². The van der Waals surface area contributed by atoms with Crippen LogP contribution in [-0.4, -0.2) is 22.3 Å². The quantitative estimate of drug-likeness (QED) is 0.649. The van der Waals surface area contributed by atoms with Crippen LogP contribution in [0.4, 0.5) is 0 Å².